The summed E-state index contributed by atoms with van der Waals surface area (Å²) in [4.78, 5) is 38.8. The van der Waals surface area contributed by atoms with Gasteiger partial charge in [0.1, 0.15) is 0 Å². The molecule has 0 radical (unpaired) electrons. The van der Waals surface area contributed by atoms with Crippen LogP contribution in [-0.2, 0) is 9.59 Å². The third kappa shape index (κ3) is 3.84. The molecule has 0 bridgehead atoms. The van der Waals surface area contributed by atoms with Crippen molar-refractivity contribution in [3.05, 3.63) is 59.2 Å². The van der Waals surface area contributed by atoms with Gasteiger partial charge >= 0.3 is 0 Å². The van der Waals surface area contributed by atoms with Crippen molar-refractivity contribution in [2.24, 2.45) is 5.92 Å². The summed E-state index contributed by atoms with van der Waals surface area (Å²) in [6, 6.07) is 12.7. The maximum absolute atomic E-state index is 12.7. The van der Waals surface area contributed by atoms with Crippen LogP contribution in [0.1, 0.15) is 27.9 Å². The van der Waals surface area contributed by atoms with Gasteiger partial charge in [0.15, 0.2) is 0 Å². The standard InChI is InChI=1S/C21H23N3O3/c1-13-8-9-16(10-14(13)2)24-12-15(11-19(24)25)20(26)23-18-7-5-4-6-17(18)21(27)22-3/h4-10,15H,11-12H2,1-3H3,(H,22,27)(H,23,26)/t15-/m1/s1. The van der Waals surface area contributed by atoms with Crippen LogP contribution in [0.4, 0.5) is 11.4 Å². The van der Waals surface area contributed by atoms with Gasteiger partial charge < -0.3 is 15.5 Å². The number of anilines is 2. The molecule has 0 unspecified atom stereocenters. The van der Waals surface area contributed by atoms with Crippen molar-refractivity contribution >= 4 is 29.1 Å². The van der Waals surface area contributed by atoms with Gasteiger partial charge in [0.2, 0.25) is 11.8 Å². The Morgan fingerprint density at radius 2 is 1.81 bits per heavy atom. The molecule has 140 valence electrons. The minimum Gasteiger partial charge on any atom is -0.355 e. The molecular weight excluding hydrogens is 342 g/mol. The number of hydrogen-bond acceptors (Lipinski definition) is 3. The number of para-hydroxylation sites is 1. The first-order chi connectivity index (χ1) is 12.9. The van der Waals surface area contributed by atoms with E-state index in [0.717, 1.165) is 16.8 Å². The van der Waals surface area contributed by atoms with E-state index in [4.69, 9.17) is 0 Å². The number of carbonyl (C=O) groups is 3. The Bertz CT molecular complexity index is 907. The molecule has 2 N–H and O–H groups in total. The number of amides is 3. The molecule has 0 aliphatic carbocycles. The van der Waals surface area contributed by atoms with Crippen molar-refractivity contribution in [1.29, 1.82) is 0 Å². The molecule has 2 aromatic rings. The van der Waals surface area contributed by atoms with Crippen LogP contribution in [0.2, 0.25) is 0 Å². The van der Waals surface area contributed by atoms with E-state index in [-0.39, 0.29) is 24.1 Å². The van der Waals surface area contributed by atoms with Gasteiger partial charge in [0.05, 0.1) is 17.2 Å². The third-order valence-electron chi connectivity index (χ3n) is 4.95. The first kappa shape index (κ1) is 18.6. The van der Waals surface area contributed by atoms with Crippen molar-refractivity contribution in [3.63, 3.8) is 0 Å². The van der Waals surface area contributed by atoms with E-state index in [1.807, 2.05) is 32.0 Å². The number of hydrogen-bond donors (Lipinski definition) is 2. The van der Waals surface area contributed by atoms with Gasteiger partial charge in [0, 0.05) is 25.7 Å². The Labute approximate surface area is 158 Å². The van der Waals surface area contributed by atoms with E-state index in [1.165, 1.54) is 7.05 Å². The molecule has 6 nitrogen and oxygen atoms in total. The molecule has 3 rings (SSSR count). The van der Waals surface area contributed by atoms with Gasteiger partial charge in [-0.2, -0.15) is 0 Å². The first-order valence-electron chi connectivity index (χ1n) is 8.90. The molecule has 0 aromatic heterocycles. The second-order valence-electron chi connectivity index (χ2n) is 6.79. The predicted molar refractivity (Wildman–Crippen MR) is 105 cm³/mol. The Kier molecular flexibility index (Phi) is 5.26. The highest BCUT2D eigenvalue weighted by atomic mass is 16.2. The second kappa shape index (κ2) is 7.61. The van der Waals surface area contributed by atoms with Crippen LogP contribution in [0.5, 0.6) is 0 Å². The number of nitrogens with one attached hydrogen (secondary N) is 2. The fourth-order valence-electron chi connectivity index (χ4n) is 3.19. The Morgan fingerprint density at radius 3 is 2.52 bits per heavy atom. The summed E-state index contributed by atoms with van der Waals surface area (Å²) in [6.45, 7) is 4.35. The quantitative estimate of drug-likeness (QED) is 0.874. The molecule has 1 heterocycles. The zero-order chi connectivity index (χ0) is 19.6. The van der Waals surface area contributed by atoms with Crippen LogP contribution in [0.25, 0.3) is 0 Å². The highest BCUT2D eigenvalue weighted by molar-refractivity contribution is 6.07. The molecule has 1 atom stereocenters. The van der Waals surface area contributed by atoms with E-state index < -0.39 is 5.92 Å². The fraction of sp³-hybridized carbons (Fsp3) is 0.286. The summed E-state index contributed by atoms with van der Waals surface area (Å²) >= 11 is 0. The van der Waals surface area contributed by atoms with Crippen molar-refractivity contribution < 1.29 is 14.4 Å². The number of aryl methyl sites for hydroxylation is 2. The number of nitrogens with zero attached hydrogens (tertiary/aromatic N) is 1. The zero-order valence-electron chi connectivity index (χ0n) is 15.7. The summed E-state index contributed by atoms with van der Waals surface area (Å²) < 4.78 is 0. The molecule has 1 fully saturated rings. The minimum absolute atomic E-state index is 0.0713. The molecular formula is C21H23N3O3. The van der Waals surface area contributed by atoms with E-state index in [1.54, 1.807) is 29.2 Å². The molecule has 0 saturated carbocycles. The van der Waals surface area contributed by atoms with Crippen molar-refractivity contribution in [2.75, 3.05) is 23.8 Å². The highest BCUT2D eigenvalue weighted by Crippen LogP contribution is 2.28. The number of benzene rings is 2. The van der Waals surface area contributed by atoms with Crippen LogP contribution in [0.3, 0.4) is 0 Å². The molecule has 1 aliphatic rings. The second-order valence-corrected chi connectivity index (χ2v) is 6.79. The predicted octanol–water partition coefficient (Wildman–Crippen LogP) is 2.65. The van der Waals surface area contributed by atoms with E-state index in [9.17, 15) is 14.4 Å². The SMILES string of the molecule is CNC(=O)c1ccccc1NC(=O)[C@@H]1CC(=O)N(c2ccc(C)c(C)c2)C1. The van der Waals surface area contributed by atoms with Crippen LogP contribution in [0, 0.1) is 19.8 Å². The Morgan fingerprint density at radius 1 is 1.07 bits per heavy atom. The number of rotatable bonds is 4. The highest BCUT2D eigenvalue weighted by Gasteiger charge is 2.35. The van der Waals surface area contributed by atoms with Gasteiger partial charge in [-0.1, -0.05) is 18.2 Å². The molecule has 3 amide bonds. The lowest BCUT2D eigenvalue weighted by molar-refractivity contribution is -0.122. The lowest BCUT2D eigenvalue weighted by Crippen LogP contribution is -2.29. The third-order valence-corrected chi connectivity index (χ3v) is 4.95. The van der Waals surface area contributed by atoms with Gasteiger partial charge in [-0.15, -0.1) is 0 Å². The maximum atomic E-state index is 12.7. The van der Waals surface area contributed by atoms with Crippen LogP contribution in [0.15, 0.2) is 42.5 Å². The van der Waals surface area contributed by atoms with Gasteiger partial charge in [0.25, 0.3) is 5.91 Å². The summed E-state index contributed by atoms with van der Waals surface area (Å²) in [5, 5.41) is 5.36. The smallest absolute Gasteiger partial charge is 0.253 e. The summed E-state index contributed by atoms with van der Waals surface area (Å²) in [7, 11) is 1.54. The maximum Gasteiger partial charge on any atom is 0.253 e. The van der Waals surface area contributed by atoms with Crippen LogP contribution < -0.4 is 15.5 Å². The molecule has 6 heteroatoms. The lowest BCUT2D eigenvalue weighted by Gasteiger charge is -2.18. The van der Waals surface area contributed by atoms with E-state index in [2.05, 4.69) is 10.6 Å². The summed E-state index contributed by atoms with van der Waals surface area (Å²) in [6.07, 6.45) is 0.154. The Hall–Kier alpha value is -3.15. The molecule has 1 aliphatic heterocycles. The largest absolute Gasteiger partial charge is 0.355 e. The van der Waals surface area contributed by atoms with Crippen molar-refractivity contribution in [3.8, 4) is 0 Å². The molecule has 1 saturated heterocycles. The van der Waals surface area contributed by atoms with Crippen molar-refractivity contribution in [1.82, 2.24) is 5.32 Å². The average molecular weight is 365 g/mol. The molecule has 2 aromatic carbocycles. The fourth-order valence-corrected chi connectivity index (χ4v) is 3.19. The minimum atomic E-state index is -0.461. The molecule has 0 spiro atoms. The zero-order valence-corrected chi connectivity index (χ0v) is 15.7. The van der Waals surface area contributed by atoms with Gasteiger partial charge in [-0.05, 0) is 49.2 Å². The monoisotopic (exact) mass is 365 g/mol. The van der Waals surface area contributed by atoms with Gasteiger partial charge in [-0.25, -0.2) is 0 Å². The van der Waals surface area contributed by atoms with E-state index in [0.29, 0.717) is 17.8 Å². The first-order valence-corrected chi connectivity index (χ1v) is 8.90. The summed E-state index contributed by atoms with van der Waals surface area (Å²) in [5.74, 6) is -1.06. The number of carbonyl (C=O) groups excluding carboxylic acids is 3. The topological polar surface area (TPSA) is 78.5 Å². The molecule has 27 heavy (non-hydrogen) atoms. The normalized spacial score (nSPS) is 16.3. The summed E-state index contributed by atoms with van der Waals surface area (Å²) in [5.41, 5.74) is 3.91. The Balaban J connectivity index is 1.75. The van der Waals surface area contributed by atoms with Crippen LogP contribution >= 0.6 is 0 Å². The van der Waals surface area contributed by atoms with Crippen molar-refractivity contribution in [2.45, 2.75) is 20.3 Å². The van der Waals surface area contributed by atoms with Gasteiger partial charge in [-0.3, -0.25) is 14.4 Å². The average Bonchev–Trinajstić information content (AvgIpc) is 3.05. The lowest BCUT2D eigenvalue weighted by atomic mass is 10.1. The van der Waals surface area contributed by atoms with E-state index >= 15 is 0 Å². The van der Waals surface area contributed by atoms with Crippen LogP contribution in [-0.4, -0.2) is 31.3 Å².